The molecule has 50 heavy (non-hydrogen) atoms. The number of allylic oxidation sites excluding steroid dienone is 8. The van der Waals surface area contributed by atoms with Crippen molar-refractivity contribution in [1.82, 2.24) is 19.8 Å². The molecule has 4 aliphatic carbocycles. The predicted octanol–water partition coefficient (Wildman–Crippen LogP) is 5.94. The van der Waals surface area contributed by atoms with E-state index < -0.39 is 10.8 Å². The van der Waals surface area contributed by atoms with Crippen LogP contribution in [0.3, 0.4) is 0 Å². The molecule has 2 N–H and O–H groups in total. The van der Waals surface area contributed by atoms with Crippen LogP contribution in [0.4, 0.5) is 0 Å². The quantitative estimate of drug-likeness (QED) is 0.278. The van der Waals surface area contributed by atoms with Gasteiger partial charge in [-0.05, 0) is 98.7 Å². The summed E-state index contributed by atoms with van der Waals surface area (Å²) in [4.78, 5) is 60.7. The first-order valence-electron chi connectivity index (χ1n) is 16.9. The number of H-pyrrole nitrogens is 2. The minimum atomic E-state index is -0.450. The zero-order chi connectivity index (χ0) is 34.7. The van der Waals surface area contributed by atoms with E-state index in [4.69, 9.17) is 9.47 Å². The number of amides is 2. The average Bonchev–Trinajstić information content (AvgIpc) is 3.67. The van der Waals surface area contributed by atoms with Crippen molar-refractivity contribution < 1.29 is 28.7 Å². The van der Waals surface area contributed by atoms with E-state index in [-0.39, 0.29) is 29.3 Å². The number of ketones is 2. The van der Waals surface area contributed by atoms with Crippen LogP contribution in [-0.2, 0) is 9.59 Å². The Balaban J connectivity index is 0.000000136. The highest BCUT2D eigenvalue weighted by atomic mass is 16.5. The molecule has 10 heteroatoms. The summed E-state index contributed by atoms with van der Waals surface area (Å²) in [6.07, 6.45) is 12.3. The monoisotopic (exact) mass is 668 g/mol. The summed E-state index contributed by atoms with van der Waals surface area (Å²) in [5.41, 5.74) is 5.75. The maximum atomic E-state index is 13.2. The van der Waals surface area contributed by atoms with Gasteiger partial charge in [-0.1, -0.05) is 23.8 Å². The zero-order valence-corrected chi connectivity index (χ0v) is 28.3. The molecular formula is C40H36N4O6. The van der Waals surface area contributed by atoms with Gasteiger partial charge in [0.1, 0.15) is 11.4 Å². The highest BCUT2D eigenvalue weighted by molar-refractivity contribution is 6.07. The number of piperidine rings is 2. The summed E-state index contributed by atoms with van der Waals surface area (Å²) in [7, 11) is 3.18. The molecule has 4 unspecified atom stereocenters. The second-order valence-corrected chi connectivity index (χ2v) is 14.3. The van der Waals surface area contributed by atoms with Crippen molar-refractivity contribution in [1.29, 1.82) is 0 Å². The molecule has 10 rings (SSSR count). The van der Waals surface area contributed by atoms with E-state index in [2.05, 4.69) is 16.0 Å². The number of carbonyl (C=O) groups excluding carboxylic acids is 4. The minimum absolute atomic E-state index is 0.0419. The summed E-state index contributed by atoms with van der Waals surface area (Å²) in [6, 6.07) is 11.8. The van der Waals surface area contributed by atoms with Gasteiger partial charge in [-0.2, -0.15) is 0 Å². The summed E-state index contributed by atoms with van der Waals surface area (Å²) in [5.74, 6) is 1.89. The van der Waals surface area contributed by atoms with Crippen LogP contribution in [-0.4, -0.2) is 70.5 Å². The predicted molar refractivity (Wildman–Crippen MR) is 187 cm³/mol. The zero-order valence-electron chi connectivity index (χ0n) is 28.3. The number of hydrogen-bond acceptors (Lipinski definition) is 6. The Bertz CT molecular complexity index is 2350. The third kappa shape index (κ3) is 4.07. The van der Waals surface area contributed by atoms with E-state index in [0.717, 1.165) is 51.6 Å². The third-order valence-corrected chi connectivity index (χ3v) is 11.5. The molecule has 4 heterocycles. The van der Waals surface area contributed by atoms with Gasteiger partial charge in [0, 0.05) is 40.8 Å². The molecule has 2 saturated heterocycles. The van der Waals surface area contributed by atoms with Gasteiger partial charge in [0.15, 0.2) is 23.1 Å². The number of fused-ring (bicyclic) bond motifs is 2. The molecular weight excluding hydrogens is 632 g/mol. The van der Waals surface area contributed by atoms with Gasteiger partial charge < -0.3 is 29.2 Å². The molecule has 252 valence electrons. The van der Waals surface area contributed by atoms with Gasteiger partial charge in [-0.25, -0.2) is 0 Å². The number of aryl methyl sites for hydroxylation is 2. The summed E-state index contributed by atoms with van der Waals surface area (Å²) >= 11 is 0. The van der Waals surface area contributed by atoms with Crippen LogP contribution in [0.15, 0.2) is 84.2 Å². The summed E-state index contributed by atoms with van der Waals surface area (Å²) in [6.45, 7) is 5.22. The van der Waals surface area contributed by atoms with Crippen LogP contribution in [0.2, 0.25) is 0 Å². The highest BCUT2D eigenvalue weighted by Crippen LogP contribution is 2.66. The van der Waals surface area contributed by atoms with E-state index in [0.29, 0.717) is 41.9 Å². The van der Waals surface area contributed by atoms with Crippen molar-refractivity contribution in [3.8, 4) is 11.5 Å². The van der Waals surface area contributed by atoms with Crippen molar-refractivity contribution >= 4 is 45.2 Å². The van der Waals surface area contributed by atoms with Crippen molar-refractivity contribution in [2.75, 3.05) is 27.3 Å². The lowest BCUT2D eigenvalue weighted by atomic mass is 9.91. The van der Waals surface area contributed by atoms with Crippen molar-refractivity contribution in [3.63, 3.8) is 0 Å². The van der Waals surface area contributed by atoms with Crippen molar-refractivity contribution in [2.45, 2.75) is 26.7 Å². The van der Waals surface area contributed by atoms with Crippen LogP contribution in [0, 0.1) is 36.5 Å². The smallest absolute Gasteiger partial charge is 0.274 e. The highest BCUT2D eigenvalue weighted by Gasteiger charge is 2.69. The Kier molecular flexibility index (Phi) is 6.35. The maximum Gasteiger partial charge on any atom is 0.274 e. The second kappa shape index (κ2) is 10.4. The SMILES string of the molecule is COc1c(C)cc2cc(C(=O)N3CC4CC45C(=O)C=CC=C35)[nH]c2c1OC.Cc1ccc2[nH]c(C(=O)N3CC4CC45C(=O)C=CC=C35)cc2c1. The molecule has 4 atom stereocenters. The molecule has 2 aromatic heterocycles. The molecule has 2 spiro atoms. The van der Waals surface area contributed by atoms with Gasteiger partial charge in [-0.3, -0.25) is 19.2 Å². The molecule has 2 aliphatic heterocycles. The van der Waals surface area contributed by atoms with Crippen molar-refractivity contribution in [3.05, 3.63) is 107 Å². The summed E-state index contributed by atoms with van der Waals surface area (Å²) in [5, 5.41) is 1.93. The van der Waals surface area contributed by atoms with Gasteiger partial charge >= 0.3 is 0 Å². The fourth-order valence-electron chi connectivity index (χ4n) is 8.90. The van der Waals surface area contributed by atoms with E-state index >= 15 is 0 Å². The average molecular weight is 669 g/mol. The van der Waals surface area contributed by atoms with Crippen LogP contribution < -0.4 is 9.47 Å². The Morgan fingerprint density at radius 3 is 1.88 bits per heavy atom. The number of ether oxygens (including phenoxy) is 2. The van der Waals surface area contributed by atoms with E-state index in [1.165, 1.54) is 5.56 Å². The largest absolute Gasteiger partial charge is 0.493 e. The number of likely N-dealkylation sites (tertiary alicyclic amines) is 2. The standard InChI is InChI=1S/C21H20N2O4.C19H16N2O2/c1-11-7-12-8-14(22-17(12)19(27-3)18(11)26-2)20(25)23-10-13-9-21(13)15(23)5-4-6-16(21)24;1-11-5-6-14-12(7-11)8-15(20-14)18(23)21-10-13-9-19(13)16(21)3-2-4-17(19)22/h4-8,13,22H,9-10H2,1-3H3;2-8,13,20H,9-10H2,1H3. The first-order chi connectivity index (χ1) is 24.1. The number of nitrogens with one attached hydrogen (secondary N) is 2. The molecule has 6 aliphatic rings. The Labute approximate surface area is 288 Å². The molecule has 2 amide bonds. The van der Waals surface area contributed by atoms with Crippen molar-refractivity contribution in [2.24, 2.45) is 22.7 Å². The Morgan fingerprint density at radius 2 is 1.30 bits per heavy atom. The maximum absolute atomic E-state index is 13.2. The number of hydrogen-bond donors (Lipinski definition) is 2. The first kappa shape index (κ1) is 30.4. The summed E-state index contributed by atoms with van der Waals surface area (Å²) < 4.78 is 11.0. The number of nitrogens with zero attached hydrogens (tertiary/aromatic N) is 2. The van der Waals surface area contributed by atoms with Gasteiger partial charge in [0.25, 0.3) is 11.8 Å². The van der Waals surface area contributed by atoms with Crippen LogP contribution in [0.5, 0.6) is 11.5 Å². The Morgan fingerprint density at radius 1 is 0.740 bits per heavy atom. The lowest BCUT2D eigenvalue weighted by Gasteiger charge is -2.24. The van der Waals surface area contributed by atoms with Crippen LogP contribution in [0.1, 0.15) is 44.9 Å². The van der Waals surface area contributed by atoms with E-state index in [1.807, 2.05) is 56.3 Å². The van der Waals surface area contributed by atoms with Crippen LogP contribution >= 0.6 is 0 Å². The topological polar surface area (TPSA) is 125 Å². The van der Waals surface area contributed by atoms with Crippen LogP contribution in [0.25, 0.3) is 21.8 Å². The number of rotatable bonds is 4. The van der Waals surface area contributed by atoms with Gasteiger partial charge in [0.2, 0.25) is 0 Å². The van der Waals surface area contributed by atoms with E-state index in [1.54, 1.807) is 48.3 Å². The normalized spacial score (nSPS) is 26.5. The number of benzene rings is 2. The fraction of sp³-hybridized carbons (Fsp3) is 0.300. The molecule has 4 aromatic rings. The number of aromatic nitrogens is 2. The fourth-order valence-corrected chi connectivity index (χ4v) is 8.90. The molecule has 2 saturated carbocycles. The lowest BCUT2D eigenvalue weighted by Crippen LogP contribution is -2.32. The van der Waals surface area contributed by atoms with Gasteiger partial charge in [-0.15, -0.1) is 0 Å². The third-order valence-electron chi connectivity index (χ3n) is 11.5. The van der Waals surface area contributed by atoms with Gasteiger partial charge in [0.05, 0.1) is 30.6 Å². The number of aromatic amines is 2. The van der Waals surface area contributed by atoms with E-state index in [9.17, 15) is 19.2 Å². The number of carbonyl (C=O) groups is 4. The molecule has 2 aromatic carbocycles. The second-order valence-electron chi connectivity index (χ2n) is 14.3. The first-order valence-corrected chi connectivity index (χ1v) is 16.9. The molecule has 4 fully saturated rings. The Hall–Kier alpha value is -5.64. The molecule has 0 bridgehead atoms. The molecule has 10 nitrogen and oxygen atoms in total. The lowest BCUT2D eigenvalue weighted by molar-refractivity contribution is -0.119. The molecule has 0 radical (unpaired) electrons. The minimum Gasteiger partial charge on any atom is -0.493 e. The number of methoxy groups -OCH3 is 2.